The van der Waals surface area contributed by atoms with Crippen LogP contribution in [0.4, 0.5) is 0 Å². The van der Waals surface area contributed by atoms with Crippen molar-refractivity contribution in [2.45, 2.75) is 33.2 Å². The third-order valence-corrected chi connectivity index (χ3v) is 5.77. The summed E-state index contributed by atoms with van der Waals surface area (Å²) >= 11 is 1.64. The number of ether oxygens (including phenoxy) is 1. The molecule has 1 amide bonds. The number of hydrogen-bond donors (Lipinski definition) is 0. The molecular formula is C21H24N2O2S. The van der Waals surface area contributed by atoms with E-state index < -0.39 is 0 Å². The van der Waals surface area contributed by atoms with Crippen molar-refractivity contribution in [3.05, 3.63) is 58.6 Å². The molecule has 4 nitrogen and oxygen atoms in total. The van der Waals surface area contributed by atoms with Gasteiger partial charge in [0.2, 0.25) is 5.91 Å². The van der Waals surface area contributed by atoms with Crippen molar-refractivity contribution in [1.29, 1.82) is 0 Å². The van der Waals surface area contributed by atoms with Gasteiger partial charge in [-0.05, 0) is 50.1 Å². The number of aryl methyl sites for hydroxylation is 2. The fraction of sp³-hybridized carbons (Fsp3) is 0.333. The van der Waals surface area contributed by atoms with E-state index >= 15 is 0 Å². The quantitative estimate of drug-likeness (QED) is 0.621. The average molecular weight is 369 g/mol. The summed E-state index contributed by atoms with van der Waals surface area (Å²) in [5, 5.41) is 0.956. The molecule has 3 aromatic rings. The molecule has 136 valence electrons. The number of benzene rings is 2. The van der Waals surface area contributed by atoms with Crippen LogP contribution in [-0.2, 0) is 4.79 Å². The van der Waals surface area contributed by atoms with Gasteiger partial charge < -0.3 is 9.64 Å². The maximum absolute atomic E-state index is 12.5. The van der Waals surface area contributed by atoms with Crippen molar-refractivity contribution in [1.82, 2.24) is 9.88 Å². The Morgan fingerprint density at radius 2 is 2.00 bits per heavy atom. The van der Waals surface area contributed by atoms with E-state index in [-0.39, 0.29) is 11.9 Å². The summed E-state index contributed by atoms with van der Waals surface area (Å²) in [4.78, 5) is 19.0. The van der Waals surface area contributed by atoms with Crippen LogP contribution in [0.1, 0.15) is 35.5 Å². The molecule has 0 bridgehead atoms. The Balaban J connectivity index is 1.59. The molecule has 1 atom stereocenters. The van der Waals surface area contributed by atoms with Crippen LogP contribution in [0.25, 0.3) is 10.2 Å². The van der Waals surface area contributed by atoms with Gasteiger partial charge in [0, 0.05) is 7.05 Å². The minimum atomic E-state index is -0.0550. The van der Waals surface area contributed by atoms with Gasteiger partial charge in [0.05, 0.1) is 29.3 Å². The van der Waals surface area contributed by atoms with Gasteiger partial charge in [0.25, 0.3) is 0 Å². The Bertz CT molecular complexity index is 886. The van der Waals surface area contributed by atoms with Crippen molar-refractivity contribution in [2.24, 2.45) is 0 Å². The molecule has 0 saturated heterocycles. The lowest BCUT2D eigenvalue weighted by molar-refractivity contribution is -0.132. The van der Waals surface area contributed by atoms with E-state index in [0.29, 0.717) is 13.0 Å². The number of carbonyl (C=O) groups excluding carboxylic acids is 1. The Labute approximate surface area is 158 Å². The largest absolute Gasteiger partial charge is 0.493 e. The van der Waals surface area contributed by atoms with Crippen LogP contribution in [-0.4, -0.2) is 29.4 Å². The second-order valence-corrected chi connectivity index (χ2v) is 7.63. The Kier molecular flexibility index (Phi) is 5.57. The zero-order valence-corrected chi connectivity index (χ0v) is 16.5. The van der Waals surface area contributed by atoms with Gasteiger partial charge in [-0.1, -0.05) is 24.3 Å². The molecule has 1 unspecified atom stereocenters. The summed E-state index contributed by atoms with van der Waals surface area (Å²) in [7, 11) is 1.83. The summed E-state index contributed by atoms with van der Waals surface area (Å²) < 4.78 is 6.96. The number of para-hydroxylation sites is 1. The summed E-state index contributed by atoms with van der Waals surface area (Å²) in [6.45, 7) is 6.43. The van der Waals surface area contributed by atoms with Crippen molar-refractivity contribution in [2.75, 3.05) is 13.7 Å². The van der Waals surface area contributed by atoms with Crippen molar-refractivity contribution >= 4 is 27.5 Å². The third-order valence-electron chi connectivity index (χ3n) is 4.56. The van der Waals surface area contributed by atoms with E-state index in [1.807, 2.05) is 58.2 Å². The number of fused-ring (bicyclic) bond motifs is 1. The van der Waals surface area contributed by atoms with Crippen LogP contribution >= 0.6 is 11.3 Å². The first-order valence-electron chi connectivity index (χ1n) is 8.77. The molecule has 0 aliphatic rings. The molecule has 1 heterocycles. The highest BCUT2D eigenvalue weighted by molar-refractivity contribution is 7.18. The van der Waals surface area contributed by atoms with Crippen molar-refractivity contribution < 1.29 is 9.53 Å². The SMILES string of the molecule is Cc1ccc(C)c(OCCC(=O)N(C)C(C)c2nc3ccccc3s2)c1. The molecule has 0 fully saturated rings. The highest BCUT2D eigenvalue weighted by Crippen LogP contribution is 2.29. The van der Waals surface area contributed by atoms with Crippen LogP contribution in [0.5, 0.6) is 5.75 Å². The third kappa shape index (κ3) is 4.05. The van der Waals surface area contributed by atoms with E-state index in [0.717, 1.165) is 32.1 Å². The molecule has 0 saturated carbocycles. The van der Waals surface area contributed by atoms with Gasteiger partial charge in [0.15, 0.2) is 0 Å². The highest BCUT2D eigenvalue weighted by Gasteiger charge is 2.20. The van der Waals surface area contributed by atoms with E-state index in [1.165, 1.54) is 0 Å². The monoisotopic (exact) mass is 368 g/mol. The average Bonchev–Trinajstić information content (AvgIpc) is 3.07. The van der Waals surface area contributed by atoms with Crippen LogP contribution < -0.4 is 4.74 Å². The lowest BCUT2D eigenvalue weighted by Crippen LogP contribution is -2.30. The first-order chi connectivity index (χ1) is 12.5. The maximum atomic E-state index is 12.5. The fourth-order valence-electron chi connectivity index (χ4n) is 2.74. The minimum absolute atomic E-state index is 0.0550. The van der Waals surface area contributed by atoms with Crippen LogP contribution in [0.3, 0.4) is 0 Å². The van der Waals surface area contributed by atoms with E-state index in [4.69, 9.17) is 4.74 Å². The second-order valence-electron chi connectivity index (χ2n) is 6.57. The Morgan fingerprint density at radius 3 is 2.77 bits per heavy atom. The molecule has 0 N–H and O–H groups in total. The van der Waals surface area contributed by atoms with Gasteiger partial charge in [-0.15, -0.1) is 11.3 Å². The zero-order chi connectivity index (χ0) is 18.7. The van der Waals surface area contributed by atoms with Gasteiger partial charge in [-0.25, -0.2) is 4.98 Å². The minimum Gasteiger partial charge on any atom is -0.493 e. The van der Waals surface area contributed by atoms with Gasteiger partial charge in [-0.2, -0.15) is 0 Å². The smallest absolute Gasteiger partial charge is 0.226 e. The number of aromatic nitrogens is 1. The normalized spacial score (nSPS) is 12.2. The molecule has 0 aliphatic heterocycles. The molecule has 0 radical (unpaired) electrons. The van der Waals surface area contributed by atoms with Gasteiger partial charge in [0.1, 0.15) is 10.8 Å². The molecular weight excluding hydrogens is 344 g/mol. The van der Waals surface area contributed by atoms with Crippen molar-refractivity contribution in [3.63, 3.8) is 0 Å². The summed E-state index contributed by atoms with van der Waals surface area (Å²) in [6, 6.07) is 14.1. The van der Waals surface area contributed by atoms with Crippen LogP contribution in [0.15, 0.2) is 42.5 Å². The summed E-state index contributed by atoms with van der Waals surface area (Å²) in [6.07, 6.45) is 0.346. The molecule has 0 aliphatic carbocycles. The summed E-state index contributed by atoms with van der Waals surface area (Å²) in [5.74, 6) is 0.904. The highest BCUT2D eigenvalue weighted by atomic mass is 32.1. The maximum Gasteiger partial charge on any atom is 0.226 e. The predicted octanol–water partition coefficient (Wildman–Crippen LogP) is 4.90. The fourth-order valence-corrected chi connectivity index (χ4v) is 3.80. The second kappa shape index (κ2) is 7.87. The molecule has 2 aromatic carbocycles. The first-order valence-corrected chi connectivity index (χ1v) is 9.58. The van der Waals surface area contributed by atoms with Gasteiger partial charge >= 0.3 is 0 Å². The number of rotatable bonds is 6. The standard InChI is InChI=1S/C21H24N2O2S/c1-14-9-10-15(2)18(13-14)25-12-11-20(24)23(4)16(3)21-22-17-7-5-6-8-19(17)26-21/h5-10,13,16H,11-12H2,1-4H3. The molecule has 0 spiro atoms. The molecule has 1 aromatic heterocycles. The van der Waals surface area contributed by atoms with E-state index in [1.54, 1.807) is 16.2 Å². The lowest BCUT2D eigenvalue weighted by Gasteiger charge is -2.23. The van der Waals surface area contributed by atoms with Crippen LogP contribution in [0.2, 0.25) is 0 Å². The predicted molar refractivity (Wildman–Crippen MR) is 107 cm³/mol. The Morgan fingerprint density at radius 1 is 1.23 bits per heavy atom. The van der Waals surface area contributed by atoms with Crippen LogP contribution in [0, 0.1) is 13.8 Å². The molecule has 26 heavy (non-hydrogen) atoms. The van der Waals surface area contributed by atoms with Gasteiger partial charge in [-0.3, -0.25) is 4.79 Å². The molecule has 3 rings (SSSR count). The molecule has 5 heteroatoms. The number of thiazole rings is 1. The summed E-state index contributed by atoms with van der Waals surface area (Å²) in [5.41, 5.74) is 3.22. The first kappa shape index (κ1) is 18.4. The number of carbonyl (C=O) groups is 1. The number of hydrogen-bond acceptors (Lipinski definition) is 4. The Hall–Kier alpha value is -2.40. The van der Waals surface area contributed by atoms with E-state index in [9.17, 15) is 4.79 Å². The zero-order valence-electron chi connectivity index (χ0n) is 15.7. The topological polar surface area (TPSA) is 42.4 Å². The van der Waals surface area contributed by atoms with Crippen molar-refractivity contribution in [3.8, 4) is 5.75 Å². The number of amides is 1. The van der Waals surface area contributed by atoms with E-state index in [2.05, 4.69) is 17.1 Å². The lowest BCUT2D eigenvalue weighted by atomic mass is 10.1. The number of nitrogens with zero attached hydrogens (tertiary/aromatic N) is 2.